The van der Waals surface area contributed by atoms with E-state index in [0.717, 1.165) is 15.9 Å². The maximum atomic E-state index is 12.5. The highest BCUT2D eigenvalue weighted by Crippen LogP contribution is 2.40. The average Bonchev–Trinajstić information content (AvgIpc) is 3.13. The second-order valence-corrected chi connectivity index (χ2v) is 9.64. The molecule has 6 nitrogen and oxygen atoms in total. The number of aromatic nitrogens is 2. The molecule has 0 atom stereocenters. The van der Waals surface area contributed by atoms with Crippen LogP contribution in [-0.4, -0.2) is 35.7 Å². The van der Waals surface area contributed by atoms with Crippen LogP contribution in [0.2, 0.25) is 0 Å². The van der Waals surface area contributed by atoms with E-state index in [1.54, 1.807) is 38.2 Å². The third kappa shape index (κ3) is 3.24. The Hall–Kier alpha value is -2.54. The van der Waals surface area contributed by atoms with Gasteiger partial charge in [-0.25, -0.2) is 13.4 Å². The molecule has 28 heavy (non-hydrogen) atoms. The van der Waals surface area contributed by atoms with Gasteiger partial charge in [0.2, 0.25) is 0 Å². The van der Waals surface area contributed by atoms with Crippen LogP contribution in [0, 0.1) is 12.8 Å². The van der Waals surface area contributed by atoms with Crippen LogP contribution in [0.5, 0.6) is 5.75 Å². The molecule has 0 amide bonds. The summed E-state index contributed by atoms with van der Waals surface area (Å²) in [5.74, 6) is 1.68. The summed E-state index contributed by atoms with van der Waals surface area (Å²) in [5, 5.41) is 10.3. The van der Waals surface area contributed by atoms with Gasteiger partial charge < -0.3 is 9.94 Å². The van der Waals surface area contributed by atoms with Gasteiger partial charge in [0.05, 0.1) is 22.9 Å². The van der Waals surface area contributed by atoms with Crippen molar-refractivity contribution in [1.29, 1.82) is 0 Å². The topological polar surface area (TPSA) is 81.4 Å². The third-order valence-corrected chi connectivity index (χ3v) is 7.27. The molecule has 1 fully saturated rings. The summed E-state index contributed by atoms with van der Waals surface area (Å²) in [7, 11) is -3.35. The monoisotopic (exact) mass is 400 g/mol. The molecule has 0 spiro atoms. The van der Waals surface area contributed by atoms with E-state index < -0.39 is 9.84 Å². The van der Waals surface area contributed by atoms with E-state index in [0.29, 0.717) is 35.4 Å². The first-order valence-corrected chi connectivity index (χ1v) is 11.2. The summed E-state index contributed by atoms with van der Waals surface area (Å²) in [4.78, 5) is 4.50. The van der Waals surface area contributed by atoms with Crippen LogP contribution in [0.3, 0.4) is 0 Å². The maximum Gasteiger partial charge on any atom is 0.178 e. The number of benzene rings is 1. The minimum atomic E-state index is -3.35. The molecule has 4 rings (SSSR count). The van der Waals surface area contributed by atoms with Gasteiger partial charge in [-0.3, -0.25) is 0 Å². The molecule has 0 aromatic heterocycles. The summed E-state index contributed by atoms with van der Waals surface area (Å²) in [6.45, 7) is 4.04. The molecule has 0 saturated heterocycles. The van der Waals surface area contributed by atoms with Crippen molar-refractivity contribution in [2.45, 2.75) is 38.0 Å². The van der Waals surface area contributed by atoms with Gasteiger partial charge in [0.15, 0.2) is 15.7 Å². The first-order valence-electron chi connectivity index (χ1n) is 9.57. The van der Waals surface area contributed by atoms with Crippen LogP contribution in [0.4, 0.5) is 0 Å². The fourth-order valence-electron chi connectivity index (χ4n) is 3.52. The van der Waals surface area contributed by atoms with Crippen LogP contribution in [0.1, 0.15) is 31.9 Å². The molecular formula is C21H24N2O4S. The second-order valence-electron chi connectivity index (χ2n) is 7.36. The van der Waals surface area contributed by atoms with E-state index in [4.69, 9.17) is 4.74 Å². The molecule has 0 bridgehead atoms. The molecular weight excluding hydrogens is 376 g/mol. The van der Waals surface area contributed by atoms with Crippen molar-refractivity contribution in [1.82, 2.24) is 9.71 Å². The number of fused-ring (bicyclic) bond motifs is 1. The molecule has 0 unspecified atom stereocenters. The Kier molecular flexibility index (Phi) is 4.79. The molecule has 148 valence electrons. The van der Waals surface area contributed by atoms with E-state index in [-0.39, 0.29) is 10.6 Å². The highest BCUT2D eigenvalue weighted by atomic mass is 32.2. The molecule has 2 aliphatic heterocycles. The largest absolute Gasteiger partial charge is 0.493 e. The van der Waals surface area contributed by atoms with Crippen LogP contribution in [0.25, 0.3) is 22.5 Å². The zero-order chi connectivity index (χ0) is 19.9. The molecule has 1 aliphatic carbocycles. The Bertz CT molecular complexity index is 1080. The highest BCUT2D eigenvalue weighted by Gasteiger charge is 2.23. The van der Waals surface area contributed by atoms with Crippen molar-refractivity contribution in [3.05, 3.63) is 42.2 Å². The number of ether oxygens (including phenoxy) is 1. The number of sulfone groups is 1. The molecule has 1 N–H and O–H groups in total. The number of hydrogen-bond donors (Lipinski definition) is 1. The van der Waals surface area contributed by atoms with Crippen molar-refractivity contribution >= 4 is 9.84 Å². The lowest BCUT2D eigenvalue weighted by Gasteiger charge is -2.26. The van der Waals surface area contributed by atoms with Crippen molar-refractivity contribution in [2.75, 3.05) is 12.4 Å². The SMILES string of the molecule is CCS(=O)(=O)c1ccc(OCC2CCC2)c(-c2cc(C)n(O)c3nccc2-3)c1. The van der Waals surface area contributed by atoms with Gasteiger partial charge in [-0.05, 0) is 61.6 Å². The van der Waals surface area contributed by atoms with Gasteiger partial charge >= 0.3 is 0 Å². The van der Waals surface area contributed by atoms with Crippen LogP contribution in [0.15, 0.2) is 41.4 Å². The minimum absolute atomic E-state index is 0.0342. The van der Waals surface area contributed by atoms with E-state index in [2.05, 4.69) is 4.98 Å². The standard InChI is InChI=1S/C21H24N2O4S/c1-3-28(25,26)16-7-8-20(27-13-15-5-4-6-15)19(12-16)18-11-14(2)23(24)21-17(18)9-10-22-21/h7-12,15,24H,3-6,13H2,1-2H3. The molecule has 1 saturated carbocycles. The van der Waals surface area contributed by atoms with E-state index in [9.17, 15) is 13.6 Å². The lowest BCUT2D eigenvalue weighted by molar-refractivity contribution is 0.179. The number of hydrogen-bond acceptors (Lipinski definition) is 5. The van der Waals surface area contributed by atoms with E-state index >= 15 is 0 Å². The lowest BCUT2D eigenvalue weighted by atomic mass is 9.86. The predicted octanol–water partition coefficient (Wildman–Crippen LogP) is 4.17. The molecule has 0 radical (unpaired) electrons. The first kappa shape index (κ1) is 18.8. The minimum Gasteiger partial charge on any atom is -0.493 e. The van der Waals surface area contributed by atoms with Crippen LogP contribution < -0.4 is 4.74 Å². The second kappa shape index (κ2) is 7.13. The van der Waals surface area contributed by atoms with Gasteiger partial charge in [-0.2, -0.15) is 4.73 Å². The maximum absolute atomic E-state index is 12.5. The summed E-state index contributed by atoms with van der Waals surface area (Å²) < 4.78 is 32.1. The lowest BCUT2D eigenvalue weighted by Crippen LogP contribution is -2.19. The van der Waals surface area contributed by atoms with Crippen molar-refractivity contribution in [3.8, 4) is 28.3 Å². The molecule has 2 heterocycles. The van der Waals surface area contributed by atoms with Gasteiger partial charge in [0.1, 0.15) is 5.75 Å². The van der Waals surface area contributed by atoms with E-state index in [1.165, 1.54) is 19.3 Å². The normalized spacial score (nSPS) is 14.9. The van der Waals surface area contributed by atoms with Gasteiger partial charge in [-0.15, -0.1) is 0 Å². The quantitative estimate of drug-likeness (QED) is 0.628. The first-order chi connectivity index (χ1) is 13.4. The van der Waals surface area contributed by atoms with Gasteiger partial charge in [0, 0.05) is 17.3 Å². The van der Waals surface area contributed by atoms with Crippen LogP contribution >= 0.6 is 0 Å². The summed E-state index contributed by atoms with van der Waals surface area (Å²) in [5.41, 5.74) is 2.85. The highest BCUT2D eigenvalue weighted by molar-refractivity contribution is 7.91. The Morgan fingerprint density at radius 1 is 1.18 bits per heavy atom. The van der Waals surface area contributed by atoms with Crippen molar-refractivity contribution < 1.29 is 18.4 Å². The Morgan fingerprint density at radius 3 is 2.64 bits per heavy atom. The smallest absolute Gasteiger partial charge is 0.178 e. The van der Waals surface area contributed by atoms with Crippen LogP contribution in [-0.2, 0) is 9.84 Å². The number of rotatable bonds is 6. The molecule has 1 aromatic carbocycles. The number of nitrogens with zero attached hydrogens (tertiary/aromatic N) is 2. The zero-order valence-corrected chi connectivity index (χ0v) is 16.9. The fraction of sp³-hybridized carbons (Fsp3) is 0.381. The Morgan fingerprint density at radius 2 is 1.96 bits per heavy atom. The summed E-state index contributed by atoms with van der Waals surface area (Å²) in [6, 6.07) is 8.68. The fourth-order valence-corrected chi connectivity index (χ4v) is 4.42. The number of aryl methyl sites for hydroxylation is 1. The van der Waals surface area contributed by atoms with E-state index in [1.807, 2.05) is 12.1 Å². The van der Waals surface area contributed by atoms with Crippen molar-refractivity contribution in [3.63, 3.8) is 0 Å². The molecule has 1 aromatic rings. The predicted molar refractivity (Wildman–Crippen MR) is 107 cm³/mol. The molecule has 3 aliphatic rings. The number of pyridine rings is 1. The summed E-state index contributed by atoms with van der Waals surface area (Å²) in [6.07, 6.45) is 5.21. The summed E-state index contributed by atoms with van der Waals surface area (Å²) >= 11 is 0. The molecule has 7 heteroatoms. The zero-order valence-electron chi connectivity index (χ0n) is 16.1. The third-order valence-electron chi connectivity index (χ3n) is 5.54. The average molecular weight is 401 g/mol. The Labute approximate surface area is 165 Å². The Balaban J connectivity index is 1.86. The van der Waals surface area contributed by atoms with Gasteiger partial charge in [0.25, 0.3) is 0 Å². The van der Waals surface area contributed by atoms with Gasteiger partial charge in [-0.1, -0.05) is 13.3 Å². The van der Waals surface area contributed by atoms with Crippen molar-refractivity contribution in [2.24, 2.45) is 5.92 Å².